The Labute approximate surface area is 146 Å². The van der Waals surface area contributed by atoms with Gasteiger partial charge in [-0.2, -0.15) is 0 Å². The minimum absolute atomic E-state index is 0.0530. The molecule has 6 heteroatoms. The van der Waals surface area contributed by atoms with E-state index in [1.54, 1.807) is 6.07 Å². The van der Waals surface area contributed by atoms with E-state index in [4.69, 9.17) is 21.1 Å². The van der Waals surface area contributed by atoms with Gasteiger partial charge in [-0.3, -0.25) is 0 Å². The fourth-order valence-electron chi connectivity index (χ4n) is 2.74. The highest BCUT2D eigenvalue weighted by Gasteiger charge is 2.23. The number of hydrogen-bond acceptors (Lipinski definition) is 4. The van der Waals surface area contributed by atoms with Gasteiger partial charge < -0.3 is 14.8 Å². The van der Waals surface area contributed by atoms with Crippen molar-refractivity contribution in [3.05, 3.63) is 58.0 Å². The van der Waals surface area contributed by atoms with Gasteiger partial charge in [-0.1, -0.05) is 30.7 Å². The monoisotopic (exact) mass is 350 g/mol. The maximum Gasteiger partial charge on any atom is 0.187 e. The molecule has 1 aromatic heterocycles. The van der Waals surface area contributed by atoms with Gasteiger partial charge in [0.25, 0.3) is 0 Å². The molecule has 128 valence electrons. The van der Waals surface area contributed by atoms with E-state index in [9.17, 15) is 4.39 Å². The van der Waals surface area contributed by atoms with Crippen LogP contribution in [0.2, 0.25) is 5.02 Å². The van der Waals surface area contributed by atoms with Crippen molar-refractivity contribution >= 4 is 17.4 Å². The number of pyridine rings is 1. The largest absolute Gasteiger partial charge is 0.363 e. The van der Waals surface area contributed by atoms with Gasteiger partial charge in [0.2, 0.25) is 0 Å². The van der Waals surface area contributed by atoms with Gasteiger partial charge in [0.1, 0.15) is 11.6 Å². The summed E-state index contributed by atoms with van der Waals surface area (Å²) in [4.78, 5) is 4.14. The standard InChI is InChI=1S/C18H20ClFN2O2/c1-3-16(12-4-5-14(19)11(2)8-12)22-17-9-13(15(20)10-21-17)18-23-6-7-24-18/h4-5,8-10,16,18H,3,6-7H2,1-2H3,(H,21,22)/t16-/m1/s1. The van der Waals surface area contributed by atoms with E-state index >= 15 is 0 Å². The lowest BCUT2D eigenvalue weighted by Gasteiger charge is -2.20. The molecule has 0 bridgehead atoms. The third-order valence-electron chi connectivity index (χ3n) is 4.08. The summed E-state index contributed by atoms with van der Waals surface area (Å²) >= 11 is 6.10. The molecule has 1 saturated heterocycles. The number of aromatic nitrogens is 1. The van der Waals surface area contributed by atoms with Crippen LogP contribution in [-0.4, -0.2) is 18.2 Å². The van der Waals surface area contributed by atoms with Gasteiger partial charge in [0, 0.05) is 10.6 Å². The van der Waals surface area contributed by atoms with Gasteiger partial charge in [0.15, 0.2) is 6.29 Å². The first-order valence-electron chi connectivity index (χ1n) is 7.99. The zero-order chi connectivity index (χ0) is 17.1. The molecular weight excluding hydrogens is 331 g/mol. The average molecular weight is 351 g/mol. The Kier molecular flexibility index (Phi) is 5.33. The average Bonchev–Trinajstić information content (AvgIpc) is 3.11. The molecule has 1 aromatic carbocycles. The highest BCUT2D eigenvalue weighted by Crippen LogP contribution is 2.29. The van der Waals surface area contributed by atoms with E-state index in [1.165, 1.54) is 6.20 Å². The molecule has 0 unspecified atom stereocenters. The van der Waals surface area contributed by atoms with Crippen LogP contribution in [-0.2, 0) is 9.47 Å². The second-order valence-electron chi connectivity index (χ2n) is 5.78. The Morgan fingerprint density at radius 3 is 2.75 bits per heavy atom. The smallest absolute Gasteiger partial charge is 0.187 e. The maximum atomic E-state index is 14.0. The summed E-state index contributed by atoms with van der Waals surface area (Å²) in [5.74, 6) is 0.160. The fraction of sp³-hybridized carbons (Fsp3) is 0.389. The van der Waals surface area contributed by atoms with Crippen molar-refractivity contribution in [1.29, 1.82) is 0 Å². The molecule has 2 heterocycles. The van der Waals surface area contributed by atoms with Crippen molar-refractivity contribution in [2.24, 2.45) is 0 Å². The third-order valence-corrected chi connectivity index (χ3v) is 4.50. The second-order valence-corrected chi connectivity index (χ2v) is 6.19. The van der Waals surface area contributed by atoms with Gasteiger partial charge in [0.05, 0.1) is 25.5 Å². The number of benzene rings is 1. The van der Waals surface area contributed by atoms with Crippen molar-refractivity contribution in [2.75, 3.05) is 18.5 Å². The quantitative estimate of drug-likeness (QED) is 0.841. The SMILES string of the molecule is CC[C@@H](Nc1cc(C2OCCO2)c(F)cn1)c1ccc(Cl)c(C)c1. The molecule has 1 fully saturated rings. The summed E-state index contributed by atoms with van der Waals surface area (Å²) in [6.45, 7) is 4.99. The first kappa shape index (κ1) is 17.1. The van der Waals surface area contributed by atoms with Crippen LogP contribution < -0.4 is 5.32 Å². The van der Waals surface area contributed by atoms with Crippen LogP contribution in [0.1, 0.15) is 42.4 Å². The van der Waals surface area contributed by atoms with Crippen molar-refractivity contribution < 1.29 is 13.9 Å². The van der Waals surface area contributed by atoms with E-state index in [0.717, 1.165) is 22.6 Å². The first-order chi connectivity index (χ1) is 11.6. The van der Waals surface area contributed by atoms with E-state index in [1.807, 2.05) is 19.1 Å². The summed E-state index contributed by atoms with van der Waals surface area (Å²) in [7, 11) is 0. The van der Waals surface area contributed by atoms with Gasteiger partial charge in [-0.05, 0) is 36.6 Å². The predicted octanol–water partition coefficient (Wildman–Crippen LogP) is 4.79. The van der Waals surface area contributed by atoms with Crippen molar-refractivity contribution in [1.82, 2.24) is 4.98 Å². The molecule has 1 aliphatic heterocycles. The molecule has 1 atom stereocenters. The Balaban J connectivity index is 1.82. The van der Waals surface area contributed by atoms with Gasteiger partial charge in [-0.15, -0.1) is 0 Å². The van der Waals surface area contributed by atoms with E-state index in [2.05, 4.69) is 23.3 Å². The molecule has 3 rings (SSSR count). The molecule has 0 spiro atoms. The van der Waals surface area contributed by atoms with Gasteiger partial charge in [-0.25, -0.2) is 9.37 Å². The minimum Gasteiger partial charge on any atom is -0.363 e. The number of anilines is 1. The summed E-state index contributed by atoms with van der Waals surface area (Å²) in [5, 5.41) is 4.09. The maximum absolute atomic E-state index is 14.0. The normalized spacial score (nSPS) is 16.3. The molecule has 0 aliphatic carbocycles. The predicted molar refractivity (Wildman–Crippen MR) is 91.7 cm³/mol. The number of nitrogens with one attached hydrogen (secondary N) is 1. The molecule has 0 saturated carbocycles. The molecule has 1 N–H and O–H groups in total. The van der Waals surface area contributed by atoms with Crippen LogP contribution in [0, 0.1) is 12.7 Å². The first-order valence-corrected chi connectivity index (χ1v) is 8.37. The number of aryl methyl sites for hydroxylation is 1. The van der Waals surface area contributed by atoms with Gasteiger partial charge >= 0.3 is 0 Å². The summed E-state index contributed by atoms with van der Waals surface area (Å²) in [6, 6.07) is 7.63. The Hall–Kier alpha value is -1.69. The Morgan fingerprint density at radius 2 is 2.08 bits per heavy atom. The topological polar surface area (TPSA) is 43.4 Å². The van der Waals surface area contributed by atoms with Crippen LogP contribution >= 0.6 is 11.6 Å². The molecule has 4 nitrogen and oxygen atoms in total. The Morgan fingerprint density at radius 1 is 1.33 bits per heavy atom. The van der Waals surface area contributed by atoms with E-state index in [0.29, 0.717) is 24.6 Å². The summed E-state index contributed by atoms with van der Waals surface area (Å²) in [5.41, 5.74) is 2.50. The van der Waals surface area contributed by atoms with Crippen LogP contribution in [0.15, 0.2) is 30.5 Å². The Bertz CT molecular complexity index is 720. The summed E-state index contributed by atoms with van der Waals surface area (Å²) < 4.78 is 24.8. The zero-order valence-corrected chi connectivity index (χ0v) is 14.4. The summed E-state index contributed by atoms with van der Waals surface area (Å²) in [6.07, 6.45) is 1.39. The second kappa shape index (κ2) is 7.47. The van der Waals surface area contributed by atoms with E-state index < -0.39 is 12.1 Å². The molecular formula is C18H20ClFN2O2. The third kappa shape index (κ3) is 3.69. The number of rotatable bonds is 5. The number of ether oxygens (including phenoxy) is 2. The lowest BCUT2D eigenvalue weighted by Crippen LogP contribution is -2.12. The molecule has 1 aliphatic rings. The number of nitrogens with zero attached hydrogens (tertiary/aromatic N) is 1. The van der Waals surface area contributed by atoms with E-state index in [-0.39, 0.29) is 6.04 Å². The van der Waals surface area contributed by atoms with Crippen molar-refractivity contribution in [3.63, 3.8) is 0 Å². The highest BCUT2D eigenvalue weighted by atomic mass is 35.5. The lowest BCUT2D eigenvalue weighted by atomic mass is 10.0. The molecule has 2 aromatic rings. The lowest BCUT2D eigenvalue weighted by molar-refractivity contribution is -0.0465. The highest BCUT2D eigenvalue weighted by molar-refractivity contribution is 6.31. The zero-order valence-electron chi connectivity index (χ0n) is 13.7. The number of hydrogen-bond donors (Lipinski definition) is 1. The number of halogens is 2. The van der Waals surface area contributed by atoms with Crippen LogP contribution in [0.25, 0.3) is 0 Å². The van der Waals surface area contributed by atoms with Crippen molar-refractivity contribution in [3.8, 4) is 0 Å². The molecule has 24 heavy (non-hydrogen) atoms. The minimum atomic E-state index is -0.661. The fourth-order valence-corrected chi connectivity index (χ4v) is 2.85. The molecule has 0 amide bonds. The van der Waals surface area contributed by atoms with Crippen LogP contribution in [0.3, 0.4) is 0 Å². The van der Waals surface area contributed by atoms with Crippen LogP contribution in [0.4, 0.5) is 10.2 Å². The van der Waals surface area contributed by atoms with Crippen LogP contribution in [0.5, 0.6) is 0 Å². The van der Waals surface area contributed by atoms with Crippen molar-refractivity contribution in [2.45, 2.75) is 32.6 Å². The molecule has 0 radical (unpaired) electrons.